The van der Waals surface area contributed by atoms with Crippen molar-refractivity contribution in [1.82, 2.24) is 19.4 Å². The van der Waals surface area contributed by atoms with E-state index in [0.29, 0.717) is 6.54 Å². The summed E-state index contributed by atoms with van der Waals surface area (Å²) in [6, 6.07) is 18.3. The first-order valence-corrected chi connectivity index (χ1v) is 9.54. The lowest BCUT2D eigenvalue weighted by molar-refractivity contribution is -0.133. The van der Waals surface area contributed by atoms with Gasteiger partial charge in [0.1, 0.15) is 12.4 Å². The largest absolute Gasteiger partial charge is 0.342 e. The number of likely N-dealkylation sites (tertiary alicyclic amines) is 1. The molecule has 0 radical (unpaired) electrons. The van der Waals surface area contributed by atoms with Gasteiger partial charge in [-0.1, -0.05) is 30.3 Å². The lowest BCUT2D eigenvalue weighted by Crippen LogP contribution is -2.41. The van der Waals surface area contributed by atoms with Gasteiger partial charge in [-0.3, -0.25) is 4.79 Å². The zero-order valence-corrected chi connectivity index (χ0v) is 15.1. The van der Waals surface area contributed by atoms with Gasteiger partial charge >= 0.3 is 0 Å². The van der Waals surface area contributed by atoms with Crippen LogP contribution in [0.15, 0.2) is 60.8 Å². The van der Waals surface area contributed by atoms with Crippen LogP contribution >= 0.6 is 0 Å². The van der Waals surface area contributed by atoms with E-state index in [1.807, 2.05) is 46.0 Å². The molecule has 0 spiro atoms. The zero-order chi connectivity index (χ0) is 18.2. The fourth-order valence-electron chi connectivity index (χ4n) is 4.12. The predicted octanol–water partition coefficient (Wildman–Crippen LogP) is 3.92. The number of hydrogen-bond donors (Lipinski definition) is 1. The van der Waals surface area contributed by atoms with Crippen LogP contribution in [-0.4, -0.2) is 38.4 Å². The van der Waals surface area contributed by atoms with E-state index >= 15 is 0 Å². The number of hydrogen-bond acceptors (Lipinski definition) is 2. The van der Waals surface area contributed by atoms with E-state index in [2.05, 4.69) is 29.2 Å². The maximum Gasteiger partial charge on any atom is 0.242 e. The first-order valence-electron chi connectivity index (χ1n) is 9.54. The average molecular weight is 358 g/mol. The van der Waals surface area contributed by atoms with Gasteiger partial charge in [0.05, 0.1) is 11.0 Å². The maximum atomic E-state index is 12.9. The fraction of sp³-hybridized carbons (Fsp3) is 0.273. The summed E-state index contributed by atoms with van der Waals surface area (Å²) in [5.41, 5.74) is 3.17. The van der Waals surface area contributed by atoms with Crippen LogP contribution < -0.4 is 0 Å². The van der Waals surface area contributed by atoms with Gasteiger partial charge < -0.3 is 14.5 Å². The summed E-state index contributed by atoms with van der Waals surface area (Å²) < 4.78 is 2.04. The Morgan fingerprint density at radius 1 is 1.11 bits per heavy atom. The summed E-state index contributed by atoms with van der Waals surface area (Å²) in [6.07, 6.45) is 4.08. The number of nitrogens with zero attached hydrogens (tertiary/aromatic N) is 3. The Hall–Kier alpha value is -3.08. The van der Waals surface area contributed by atoms with Crippen LogP contribution in [0.5, 0.6) is 0 Å². The second kappa shape index (κ2) is 6.58. The molecule has 2 aromatic carbocycles. The third-order valence-electron chi connectivity index (χ3n) is 5.55. The Bertz CT molecular complexity index is 1080. The van der Waals surface area contributed by atoms with E-state index in [9.17, 15) is 4.79 Å². The highest BCUT2D eigenvalue weighted by atomic mass is 16.2. The minimum atomic E-state index is 0.178. The number of carbonyl (C=O) groups is 1. The first-order chi connectivity index (χ1) is 13.3. The topological polar surface area (TPSA) is 53.9 Å². The molecule has 1 atom stereocenters. The molecule has 4 aromatic rings. The minimum absolute atomic E-state index is 0.178. The van der Waals surface area contributed by atoms with Crippen molar-refractivity contribution in [3.63, 3.8) is 0 Å². The number of amides is 1. The number of rotatable bonds is 3. The number of carbonyl (C=O) groups excluding carboxylic acids is 1. The molecule has 1 aliphatic heterocycles. The Labute approximate surface area is 157 Å². The van der Waals surface area contributed by atoms with Crippen LogP contribution in [0, 0.1) is 0 Å². The van der Waals surface area contributed by atoms with Crippen LogP contribution in [0.1, 0.15) is 24.6 Å². The molecule has 3 heterocycles. The van der Waals surface area contributed by atoms with Crippen LogP contribution in [-0.2, 0) is 11.3 Å². The highest BCUT2D eigenvalue weighted by Crippen LogP contribution is 2.27. The molecule has 1 N–H and O–H groups in total. The van der Waals surface area contributed by atoms with Gasteiger partial charge in [0.2, 0.25) is 5.91 Å². The summed E-state index contributed by atoms with van der Waals surface area (Å²) in [5.74, 6) is 1.45. The smallest absolute Gasteiger partial charge is 0.242 e. The molecule has 5 rings (SSSR count). The van der Waals surface area contributed by atoms with Gasteiger partial charge in [0.25, 0.3) is 0 Å². The molecule has 5 nitrogen and oxygen atoms in total. The average Bonchev–Trinajstić information content (AvgIpc) is 3.32. The molecule has 1 aliphatic rings. The second-order valence-electron chi connectivity index (χ2n) is 7.32. The van der Waals surface area contributed by atoms with Crippen LogP contribution in [0.4, 0.5) is 0 Å². The zero-order valence-electron chi connectivity index (χ0n) is 15.1. The van der Waals surface area contributed by atoms with Crippen molar-refractivity contribution in [2.24, 2.45) is 0 Å². The lowest BCUT2D eigenvalue weighted by Gasteiger charge is -2.32. The molecule has 1 unspecified atom stereocenters. The molecule has 27 heavy (non-hydrogen) atoms. The molecule has 1 fully saturated rings. The van der Waals surface area contributed by atoms with E-state index in [1.54, 1.807) is 0 Å². The summed E-state index contributed by atoms with van der Waals surface area (Å²) in [6.45, 7) is 1.95. The van der Waals surface area contributed by atoms with Crippen LogP contribution in [0.2, 0.25) is 0 Å². The van der Waals surface area contributed by atoms with E-state index < -0.39 is 0 Å². The molecule has 0 saturated carbocycles. The van der Waals surface area contributed by atoms with Crippen molar-refractivity contribution in [2.75, 3.05) is 13.1 Å². The molecule has 5 heteroatoms. The molecular formula is C22H22N4O. The highest BCUT2D eigenvalue weighted by molar-refractivity contribution is 5.83. The standard InChI is InChI=1S/C22H22N4O/c27-21(15-25-13-11-16-6-1-4-10-20(16)25)26-12-5-7-17(14-26)22-23-18-8-2-3-9-19(18)24-22/h1-4,6,8-11,13,17H,5,7,12,14-15H2,(H,23,24). The SMILES string of the molecule is O=C(Cn1ccc2ccccc21)N1CCCC(c2nc3ccccc3[nH]2)C1. The fourth-order valence-corrected chi connectivity index (χ4v) is 4.12. The molecule has 2 aromatic heterocycles. The Morgan fingerprint density at radius 3 is 2.89 bits per heavy atom. The quantitative estimate of drug-likeness (QED) is 0.603. The number of para-hydroxylation sites is 3. The predicted molar refractivity (Wildman–Crippen MR) is 107 cm³/mol. The Balaban J connectivity index is 1.33. The van der Waals surface area contributed by atoms with Gasteiger partial charge in [0, 0.05) is 30.7 Å². The molecule has 1 saturated heterocycles. The van der Waals surface area contributed by atoms with Gasteiger partial charge in [-0.05, 0) is 42.5 Å². The number of imidazole rings is 1. The van der Waals surface area contributed by atoms with E-state index in [1.165, 1.54) is 5.39 Å². The van der Waals surface area contributed by atoms with Crippen molar-refractivity contribution in [2.45, 2.75) is 25.3 Å². The van der Waals surface area contributed by atoms with Crippen molar-refractivity contribution in [1.29, 1.82) is 0 Å². The number of H-pyrrole nitrogens is 1. The normalized spacial score (nSPS) is 17.6. The van der Waals surface area contributed by atoms with E-state index in [4.69, 9.17) is 4.98 Å². The number of aromatic nitrogens is 3. The Kier molecular flexibility index (Phi) is 3.93. The third-order valence-corrected chi connectivity index (χ3v) is 5.55. The number of fused-ring (bicyclic) bond motifs is 2. The van der Waals surface area contributed by atoms with Crippen LogP contribution in [0.3, 0.4) is 0 Å². The molecule has 0 bridgehead atoms. The van der Waals surface area contributed by atoms with Crippen molar-refractivity contribution < 1.29 is 4.79 Å². The van der Waals surface area contributed by atoms with Crippen molar-refractivity contribution in [3.05, 3.63) is 66.6 Å². The minimum Gasteiger partial charge on any atom is -0.342 e. The number of nitrogens with one attached hydrogen (secondary N) is 1. The van der Waals surface area contributed by atoms with E-state index in [0.717, 1.165) is 48.3 Å². The van der Waals surface area contributed by atoms with Gasteiger partial charge in [-0.25, -0.2) is 4.98 Å². The van der Waals surface area contributed by atoms with E-state index in [-0.39, 0.29) is 11.8 Å². The van der Waals surface area contributed by atoms with Gasteiger partial charge in [-0.15, -0.1) is 0 Å². The van der Waals surface area contributed by atoms with Crippen molar-refractivity contribution in [3.8, 4) is 0 Å². The Morgan fingerprint density at radius 2 is 1.96 bits per heavy atom. The highest BCUT2D eigenvalue weighted by Gasteiger charge is 2.27. The first kappa shape index (κ1) is 16.1. The summed E-state index contributed by atoms with van der Waals surface area (Å²) >= 11 is 0. The third kappa shape index (κ3) is 2.99. The molecule has 0 aliphatic carbocycles. The van der Waals surface area contributed by atoms with Gasteiger partial charge in [-0.2, -0.15) is 0 Å². The lowest BCUT2D eigenvalue weighted by atomic mass is 9.97. The number of piperidine rings is 1. The van der Waals surface area contributed by atoms with Crippen molar-refractivity contribution >= 4 is 27.8 Å². The number of benzene rings is 2. The summed E-state index contributed by atoms with van der Waals surface area (Å²) in [4.78, 5) is 23.1. The maximum absolute atomic E-state index is 12.9. The summed E-state index contributed by atoms with van der Waals surface area (Å²) in [5, 5.41) is 1.17. The number of aromatic amines is 1. The molecular weight excluding hydrogens is 336 g/mol. The molecule has 1 amide bonds. The molecule has 136 valence electrons. The van der Waals surface area contributed by atoms with Gasteiger partial charge in [0.15, 0.2) is 0 Å². The second-order valence-corrected chi connectivity index (χ2v) is 7.32. The summed E-state index contributed by atoms with van der Waals surface area (Å²) in [7, 11) is 0. The van der Waals surface area contributed by atoms with Crippen LogP contribution in [0.25, 0.3) is 21.9 Å². The monoisotopic (exact) mass is 358 g/mol.